The molecule has 0 heteroatoms. The van der Waals surface area contributed by atoms with E-state index >= 15 is 0 Å². The molecule has 0 heterocycles. The molecule has 1 aromatic carbocycles. The molecule has 0 spiro atoms. The molecule has 0 aromatic heterocycles. The van der Waals surface area contributed by atoms with Gasteiger partial charge in [0.2, 0.25) is 0 Å². The molecule has 0 bridgehead atoms. The van der Waals surface area contributed by atoms with Crippen LogP contribution >= 0.6 is 0 Å². The quantitative estimate of drug-likeness (QED) is 0.611. The van der Waals surface area contributed by atoms with Crippen LogP contribution in [0, 0.1) is 5.92 Å². The number of fused-ring (bicyclic) bond motifs is 1. The highest BCUT2D eigenvalue weighted by atomic mass is 14.3. The van der Waals surface area contributed by atoms with E-state index in [0.29, 0.717) is 11.8 Å². The topological polar surface area (TPSA) is 0 Å². The minimum absolute atomic E-state index is 0.0150. The van der Waals surface area contributed by atoms with E-state index in [2.05, 4.69) is 38.1 Å². The monoisotopic (exact) mass is 176 g/mol. The lowest BCUT2D eigenvalue weighted by atomic mass is 9.77. The lowest BCUT2D eigenvalue weighted by Gasteiger charge is -2.28. The summed E-state index contributed by atoms with van der Waals surface area (Å²) < 4.78 is 7.98. The van der Waals surface area contributed by atoms with Gasteiger partial charge in [0.05, 0.1) is 0 Å². The van der Waals surface area contributed by atoms with Crippen molar-refractivity contribution in [3.63, 3.8) is 0 Å². The molecule has 0 aliphatic heterocycles. The van der Waals surface area contributed by atoms with Gasteiger partial charge in [0, 0.05) is 1.37 Å². The second kappa shape index (κ2) is 3.53. The van der Waals surface area contributed by atoms with Crippen molar-refractivity contribution >= 4 is 0 Å². The van der Waals surface area contributed by atoms with Gasteiger partial charge in [-0.1, -0.05) is 38.1 Å². The highest BCUT2D eigenvalue weighted by Crippen LogP contribution is 2.36. The Morgan fingerprint density at radius 2 is 2.15 bits per heavy atom. The molecule has 0 N–H and O–H groups in total. The Balaban J connectivity index is 2.41. The van der Waals surface area contributed by atoms with Crippen molar-refractivity contribution in [1.82, 2.24) is 0 Å². The molecule has 1 aliphatic carbocycles. The van der Waals surface area contributed by atoms with E-state index < -0.39 is 0 Å². The first-order valence-corrected chi connectivity index (χ1v) is 5.21. The largest absolute Gasteiger partial charge is 0.0622 e. The van der Waals surface area contributed by atoms with Gasteiger partial charge in [0.1, 0.15) is 0 Å². The minimum Gasteiger partial charge on any atom is -0.0622 e. The zero-order chi connectivity index (χ0) is 10.1. The number of hydrogen-bond acceptors (Lipinski definition) is 0. The summed E-state index contributed by atoms with van der Waals surface area (Å²) in [4.78, 5) is 0. The van der Waals surface area contributed by atoms with Gasteiger partial charge < -0.3 is 0 Å². The maximum atomic E-state index is 7.98. The summed E-state index contributed by atoms with van der Waals surface area (Å²) in [7, 11) is 0. The second-order valence-electron chi connectivity index (χ2n) is 4.26. The Morgan fingerprint density at radius 1 is 1.38 bits per heavy atom. The van der Waals surface area contributed by atoms with Crippen LogP contribution in [0.3, 0.4) is 0 Å². The third-order valence-electron chi connectivity index (χ3n) is 3.04. The fourth-order valence-electron chi connectivity index (χ4n) is 2.30. The molecule has 70 valence electrons. The summed E-state index contributed by atoms with van der Waals surface area (Å²) >= 11 is 0. The van der Waals surface area contributed by atoms with Crippen molar-refractivity contribution in [2.45, 2.75) is 39.0 Å². The molecule has 0 saturated heterocycles. The van der Waals surface area contributed by atoms with E-state index in [1.54, 1.807) is 0 Å². The van der Waals surface area contributed by atoms with Crippen molar-refractivity contribution in [1.29, 1.82) is 0 Å². The van der Waals surface area contributed by atoms with E-state index in [0.717, 1.165) is 6.42 Å². The van der Waals surface area contributed by atoms with Gasteiger partial charge >= 0.3 is 0 Å². The molecular weight excluding hydrogens is 156 g/mol. The van der Waals surface area contributed by atoms with E-state index in [4.69, 9.17) is 1.37 Å². The molecule has 2 rings (SSSR count). The Hall–Kier alpha value is -0.780. The van der Waals surface area contributed by atoms with Crippen molar-refractivity contribution < 1.29 is 1.37 Å². The maximum Gasteiger partial charge on any atom is 0.0316 e. The molecule has 1 aromatic rings. The number of aryl methyl sites for hydroxylation is 1. The predicted octanol–water partition coefficient (Wildman–Crippen LogP) is 3.76. The summed E-state index contributed by atoms with van der Waals surface area (Å²) in [5.41, 5.74) is 2.69. The van der Waals surface area contributed by atoms with Crippen LogP contribution < -0.4 is 0 Å². The second-order valence-corrected chi connectivity index (χ2v) is 4.26. The highest BCUT2D eigenvalue weighted by Gasteiger charge is 2.21. The molecule has 0 saturated carbocycles. The highest BCUT2D eigenvalue weighted by molar-refractivity contribution is 5.32. The van der Waals surface area contributed by atoms with Crippen LogP contribution in [0.5, 0.6) is 0 Å². The summed E-state index contributed by atoms with van der Waals surface area (Å²) in [6.07, 6.45) is 2.23. The van der Waals surface area contributed by atoms with Gasteiger partial charge in [0.15, 0.2) is 0 Å². The Bertz CT molecular complexity index is 317. The molecule has 0 radical (unpaired) electrons. The summed E-state index contributed by atoms with van der Waals surface area (Å²) in [6, 6.07) is 8.50. The first-order chi connectivity index (χ1) is 6.70. The van der Waals surface area contributed by atoms with Gasteiger partial charge in [-0.25, -0.2) is 0 Å². The number of hydrogen-bond donors (Lipinski definition) is 0. The smallest absolute Gasteiger partial charge is 0.0316 e. The SMILES string of the molecule is [3H]C1CCC(C(C)C)c2ccccc21. The fraction of sp³-hybridized carbons (Fsp3) is 0.538. The number of benzene rings is 1. The molecule has 0 amide bonds. The third-order valence-corrected chi connectivity index (χ3v) is 3.04. The maximum absolute atomic E-state index is 7.98. The first kappa shape index (κ1) is 7.61. The first-order valence-electron chi connectivity index (χ1n) is 5.79. The number of rotatable bonds is 1. The third kappa shape index (κ3) is 1.63. The van der Waals surface area contributed by atoms with Crippen LogP contribution in [-0.4, -0.2) is 0 Å². The van der Waals surface area contributed by atoms with Crippen LogP contribution in [0.2, 0.25) is 0 Å². The zero-order valence-corrected chi connectivity index (χ0v) is 8.46. The van der Waals surface area contributed by atoms with Crippen molar-refractivity contribution in [3.8, 4) is 0 Å². The normalized spacial score (nSPS) is 28.4. The van der Waals surface area contributed by atoms with Crippen molar-refractivity contribution in [2.24, 2.45) is 5.92 Å². The molecule has 2 unspecified atom stereocenters. The van der Waals surface area contributed by atoms with E-state index in [1.165, 1.54) is 17.5 Å². The van der Waals surface area contributed by atoms with Crippen LogP contribution in [0.25, 0.3) is 0 Å². The molecule has 13 heavy (non-hydrogen) atoms. The van der Waals surface area contributed by atoms with Gasteiger partial charge in [-0.3, -0.25) is 0 Å². The average Bonchev–Trinajstić information content (AvgIpc) is 2.18. The van der Waals surface area contributed by atoms with Crippen LogP contribution in [-0.2, 0) is 6.40 Å². The average molecular weight is 176 g/mol. The molecule has 1 aliphatic rings. The Labute approximate surface area is 82.4 Å². The van der Waals surface area contributed by atoms with E-state index in [9.17, 15) is 0 Å². The lowest BCUT2D eigenvalue weighted by Crippen LogP contribution is -2.14. The predicted molar refractivity (Wildman–Crippen MR) is 57.0 cm³/mol. The fourth-order valence-corrected chi connectivity index (χ4v) is 2.30. The van der Waals surface area contributed by atoms with Gasteiger partial charge in [0.25, 0.3) is 0 Å². The summed E-state index contributed by atoms with van der Waals surface area (Å²) in [5.74, 6) is 1.37. The summed E-state index contributed by atoms with van der Waals surface area (Å²) in [6.45, 7) is 4.57. The molecule has 2 atom stereocenters. The van der Waals surface area contributed by atoms with Gasteiger partial charge in [-0.05, 0) is 42.2 Å². The molecule has 0 fully saturated rings. The van der Waals surface area contributed by atoms with Crippen LogP contribution in [0.1, 0.15) is 45.1 Å². The van der Waals surface area contributed by atoms with Gasteiger partial charge in [-0.2, -0.15) is 0 Å². The van der Waals surface area contributed by atoms with Crippen LogP contribution in [0.15, 0.2) is 24.3 Å². The van der Waals surface area contributed by atoms with Gasteiger partial charge in [-0.15, -0.1) is 0 Å². The standard InChI is InChI=1S/C13H18/c1-10(2)12-9-5-7-11-6-3-4-8-13(11)12/h3-4,6,8,10,12H,5,7,9H2,1-2H3/i7T. The summed E-state index contributed by atoms with van der Waals surface area (Å²) in [5, 5.41) is 0. The zero-order valence-electron chi connectivity index (χ0n) is 9.46. The van der Waals surface area contributed by atoms with Crippen LogP contribution in [0.4, 0.5) is 0 Å². The van der Waals surface area contributed by atoms with E-state index in [1.807, 2.05) is 0 Å². The Kier molecular flexibility index (Phi) is 2.07. The Morgan fingerprint density at radius 3 is 2.92 bits per heavy atom. The van der Waals surface area contributed by atoms with Crippen molar-refractivity contribution in [3.05, 3.63) is 35.4 Å². The van der Waals surface area contributed by atoms with E-state index in [-0.39, 0.29) is 6.40 Å². The minimum atomic E-state index is 0.0150. The lowest BCUT2D eigenvalue weighted by molar-refractivity contribution is 0.433. The molecular formula is C13H18. The molecule has 0 nitrogen and oxygen atoms in total. The van der Waals surface area contributed by atoms with Crippen molar-refractivity contribution in [2.75, 3.05) is 0 Å².